The molecule has 1 saturated carbocycles. The lowest BCUT2D eigenvalue weighted by atomic mass is 9.68. The first-order chi connectivity index (χ1) is 21.1. The smallest absolute Gasteiger partial charge is 0.264 e. The predicted octanol–water partition coefficient (Wildman–Crippen LogP) is 5.43. The molecular weight excluding hydrogens is 600 g/mol. The maximum Gasteiger partial charge on any atom is 0.264 e. The van der Waals surface area contributed by atoms with Crippen LogP contribution in [0.4, 0.5) is 5.69 Å². The van der Waals surface area contributed by atoms with Gasteiger partial charge in [-0.05, 0) is 98.2 Å². The first kappa shape index (κ1) is 32.5. The van der Waals surface area contributed by atoms with E-state index in [9.17, 15) is 18.3 Å². The third-order valence-electron chi connectivity index (χ3n) is 9.63. The molecule has 1 heterocycles. The van der Waals surface area contributed by atoms with E-state index < -0.39 is 27.3 Å². The normalized spacial score (nSPS) is 24.1. The molecule has 2 aliphatic carbocycles. The number of amides is 1. The number of rotatable bonds is 12. The second kappa shape index (κ2) is 13.6. The number of benzene rings is 2. The van der Waals surface area contributed by atoms with Crippen molar-refractivity contribution < 1.29 is 27.8 Å². The van der Waals surface area contributed by atoms with E-state index in [4.69, 9.17) is 21.1 Å². The standard InChI is InChI=1S/C34H43ClN2O6S/c1-4-6-9-27(20-42-3)44(40,41)36-33(39)24-11-15-32-30(18-24)37(19-25-10-13-28(25)31(38)5-2)21-34(22-43-32)16-7-8-23-17-26(35)12-14-29(23)34/h4-5,11-12,14-15,17-18,25,27-28,31,38H,1-2,6-10,13,16,19-22H2,3H3,(H,36,39)/t25-,27+,28+,31-,34-/m0/s1. The largest absolute Gasteiger partial charge is 0.490 e. The summed E-state index contributed by atoms with van der Waals surface area (Å²) in [6.45, 7) is 9.23. The van der Waals surface area contributed by atoms with Gasteiger partial charge < -0.3 is 19.5 Å². The van der Waals surface area contributed by atoms with Gasteiger partial charge in [0.25, 0.3) is 5.91 Å². The van der Waals surface area contributed by atoms with Crippen LogP contribution in [0.15, 0.2) is 61.7 Å². The van der Waals surface area contributed by atoms with Gasteiger partial charge in [0.15, 0.2) is 0 Å². The van der Waals surface area contributed by atoms with Crippen LogP contribution in [0.5, 0.6) is 5.75 Å². The number of nitrogens with one attached hydrogen (secondary N) is 1. The number of anilines is 1. The molecule has 44 heavy (non-hydrogen) atoms. The third kappa shape index (κ3) is 6.71. The van der Waals surface area contributed by atoms with Crippen molar-refractivity contribution in [3.05, 3.63) is 83.4 Å². The van der Waals surface area contributed by atoms with Crippen molar-refractivity contribution >= 4 is 33.2 Å². The van der Waals surface area contributed by atoms with Crippen LogP contribution in [0, 0.1) is 11.8 Å². The van der Waals surface area contributed by atoms with Crippen LogP contribution in [-0.4, -0.2) is 64.2 Å². The number of allylic oxidation sites excluding steroid dienone is 1. The summed E-state index contributed by atoms with van der Waals surface area (Å²) in [5.74, 6) is 0.286. The van der Waals surface area contributed by atoms with E-state index in [1.165, 1.54) is 18.2 Å². The van der Waals surface area contributed by atoms with E-state index in [0.717, 1.165) is 37.8 Å². The summed E-state index contributed by atoms with van der Waals surface area (Å²) in [6.07, 6.45) is 8.24. The van der Waals surface area contributed by atoms with Crippen molar-refractivity contribution in [3.63, 3.8) is 0 Å². The first-order valence-electron chi connectivity index (χ1n) is 15.4. The number of halogens is 1. The maximum absolute atomic E-state index is 13.4. The molecule has 1 spiro atoms. The first-order valence-corrected chi connectivity index (χ1v) is 17.3. The number of nitrogens with zero attached hydrogens (tertiary/aromatic N) is 1. The fourth-order valence-electron chi connectivity index (χ4n) is 7.07. The van der Waals surface area contributed by atoms with Gasteiger partial charge in [-0.2, -0.15) is 0 Å². The minimum absolute atomic E-state index is 0.0316. The fourth-order valence-corrected chi connectivity index (χ4v) is 8.57. The van der Waals surface area contributed by atoms with Gasteiger partial charge in [0.05, 0.1) is 25.0 Å². The Kier molecular flexibility index (Phi) is 10.1. The molecule has 0 bridgehead atoms. The van der Waals surface area contributed by atoms with Crippen LogP contribution >= 0.6 is 11.6 Å². The molecule has 2 aromatic rings. The quantitative estimate of drug-likeness (QED) is 0.298. The summed E-state index contributed by atoms with van der Waals surface area (Å²) in [7, 11) is -2.57. The minimum Gasteiger partial charge on any atom is -0.490 e. The van der Waals surface area contributed by atoms with Crippen molar-refractivity contribution in [2.24, 2.45) is 11.8 Å². The van der Waals surface area contributed by atoms with Gasteiger partial charge in [-0.25, -0.2) is 13.1 Å². The van der Waals surface area contributed by atoms with Gasteiger partial charge in [-0.15, -0.1) is 13.2 Å². The molecule has 2 aromatic carbocycles. The highest BCUT2D eigenvalue weighted by atomic mass is 35.5. The Balaban J connectivity index is 1.48. The highest BCUT2D eigenvalue weighted by Crippen LogP contribution is 2.46. The van der Waals surface area contributed by atoms with Crippen LogP contribution in [0.25, 0.3) is 0 Å². The van der Waals surface area contributed by atoms with Gasteiger partial charge >= 0.3 is 0 Å². The zero-order chi connectivity index (χ0) is 31.5. The Labute approximate surface area is 266 Å². The average molecular weight is 643 g/mol. The molecule has 1 amide bonds. The summed E-state index contributed by atoms with van der Waals surface area (Å²) < 4.78 is 40.2. The van der Waals surface area contributed by atoms with Crippen LogP contribution in [0.2, 0.25) is 5.02 Å². The molecule has 5 atom stereocenters. The molecule has 5 rings (SSSR count). The Hall–Kier alpha value is -2.85. The lowest BCUT2D eigenvalue weighted by Crippen LogP contribution is -2.49. The number of aliphatic hydroxyl groups excluding tert-OH is 1. The zero-order valence-electron chi connectivity index (χ0n) is 25.3. The molecule has 0 saturated heterocycles. The van der Waals surface area contributed by atoms with E-state index in [-0.39, 0.29) is 29.4 Å². The molecule has 10 heteroatoms. The Bertz CT molecular complexity index is 1500. The Morgan fingerprint density at radius 3 is 2.80 bits per heavy atom. The topological polar surface area (TPSA) is 105 Å². The SMILES string of the molecule is C=CCC[C@H](COC)S(=O)(=O)NC(=O)c1ccc2c(c1)N(C[C@@H]1CC[C@H]1[C@@H](O)C=C)C[C@@]1(CCCc3cc(Cl)ccc31)CO2. The maximum atomic E-state index is 13.4. The van der Waals surface area contributed by atoms with Crippen molar-refractivity contribution in [2.45, 2.75) is 61.7 Å². The molecule has 0 radical (unpaired) electrons. The lowest BCUT2D eigenvalue weighted by Gasteiger charge is -2.45. The van der Waals surface area contributed by atoms with E-state index >= 15 is 0 Å². The monoisotopic (exact) mass is 642 g/mol. The minimum atomic E-state index is -4.00. The highest BCUT2D eigenvalue weighted by Gasteiger charge is 2.44. The molecule has 3 aliphatic rings. The number of sulfonamides is 1. The van der Waals surface area contributed by atoms with Crippen molar-refractivity contribution in [3.8, 4) is 5.75 Å². The van der Waals surface area contributed by atoms with E-state index in [0.29, 0.717) is 43.3 Å². The molecule has 0 aromatic heterocycles. The number of methoxy groups -OCH3 is 1. The summed E-state index contributed by atoms with van der Waals surface area (Å²) in [4.78, 5) is 15.7. The second-order valence-electron chi connectivity index (χ2n) is 12.4. The number of hydrogen-bond donors (Lipinski definition) is 2. The summed E-state index contributed by atoms with van der Waals surface area (Å²) in [6, 6.07) is 11.2. The van der Waals surface area contributed by atoms with Crippen molar-refractivity contribution in [1.82, 2.24) is 4.72 Å². The van der Waals surface area contributed by atoms with Gasteiger partial charge in [-0.3, -0.25) is 4.79 Å². The van der Waals surface area contributed by atoms with Gasteiger partial charge in [-0.1, -0.05) is 29.8 Å². The van der Waals surface area contributed by atoms with E-state index in [1.807, 2.05) is 6.07 Å². The molecule has 1 fully saturated rings. The van der Waals surface area contributed by atoms with Crippen LogP contribution in [0.1, 0.15) is 60.0 Å². The van der Waals surface area contributed by atoms with Gasteiger partial charge in [0.2, 0.25) is 10.0 Å². The highest BCUT2D eigenvalue weighted by molar-refractivity contribution is 7.90. The third-order valence-corrected chi connectivity index (χ3v) is 11.6. The average Bonchev–Trinajstić information content (AvgIpc) is 3.13. The number of aliphatic hydroxyl groups is 1. The second-order valence-corrected chi connectivity index (χ2v) is 14.8. The predicted molar refractivity (Wildman–Crippen MR) is 174 cm³/mol. The Morgan fingerprint density at radius 2 is 2.09 bits per heavy atom. The van der Waals surface area contributed by atoms with Gasteiger partial charge in [0, 0.05) is 36.2 Å². The van der Waals surface area contributed by atoms with E-state index in [2.05, 4.69) is 34.9 Å². The lowest BCUT2D eigenvalue weighted by molar-refractivity contribution is 0.0460. The van der Waals surface area contributed by atoms with Gasteiger partial charge in [0.1, 0.15) is 11.0 Å². The fraction of sp³-hybridized carbons (Fsp3) is 0.500. The summed E-state index contributed by atoms with van der Waals surface area (Å²) in [5.41, 5.74) is 3.14. The molecular formula is C34H43ClN2O6S. The van der Waals surface area contributed by atoms with Crippen LogP contribution in [0.3, 0.4) is 0 Å². The van der Waals surface area contributed by atoms with Crippen LogP contribution < -0.4 is 14.4 Å². The Morgan fingerprint density at radius 1 is 1.27 bits per heavy atom. The number of carbonyl (C=O) groups excluding carboxylic acids is 1. The number of aryl methyl sites for hydroxylation is 1. The van der Waals surface area contributed by atoms with Crippen molar-refractivity contribution in [2.75, 3.05) is 38.3 Å². The molecule has 2 N–H and O–H groups in total. The number of carbonyl (C=O) groups is 1. The number of fused-ring (bicyclic) bond motifs is 3. The molecule has 238 valence electrons. The molecule has 0 unspecified atom stereocenters. The van der Waals surface area contributed by atoms with Crippen molar-refractivity contribution in [1.29, 1.82) is 0 Å². The number of hydrogen-bond acceptors (Lipinski definition) is 7. The summed E-state index contributed by atoms with van der Waals surface area (Å²) >= 11 is 6.38. The number of ether oxygens (including phenoxy) is 2. The van der Waals surface area contributed by atoms with Crippen LogP contribution in [-0.2, 0) is 26.6 Å². The summed E-state index contributed by atoms with van der Waals surface area (Å²) in [5, 5.41) is 10.4. The molecule has 8 nitrogen and oxygen atoms in total. The molecule has 1 aliphatic heterocycles. The van der Waals surface area contributed by atoms with E-state index in [1.54, 1.807) is 30.4 Å². The zero-order valence-corrected chi connectivity index (χ0v) is 26.9.